The molecule has 0 aliphatic heterocycles. The smallest absolute Gasteiger partial charge is 0.261 e. The molecule has 0 saturated heterocycles. The number of aryl methyl sites for hydroxylation is 1. The van der Waals surface area contributed by atoms with E-state index < -0.39 is 0 Å². The Kier molecular flexibility index (Phi) is 2.79. The van der Waals surface area contributed by atoms with Gasteiger partial charge in [0, 0.05) is 4.88 Å². The van der Waals surface area contributed by atoms with Crippen molar-refractivity contribution in [1.82, 2.24) is 10.1 Å². The summed E-state index contributed by atoms with van der Waals surface area (Å²) in [6, 6.07) is 8.16. The Morgan fingerprint density at radius 2 is 2.05 bits per heavy atom. The first-order valence-electron chi connectivity index (χ1n) is 5.60. The van der Waals surface area contributed by atoms with Crippen LogP contribution in [0.2, 0.25) is 0 Å². The molecule has 0 atom stereocenters. The Labute approximate surface area is 112 Å². The molecule has 0 saturated carbocycles. The molecule has 0 aliphatic carbocycles. The van der Waals surface area contributed by atoms with E-state index >= 15 is 0 Å². The summed E-state index contributed by atoms with van der Waals surface area (Å²) in [5.41, 5.74) is 6.87. The number of nitrogen functional groups attached to an aromatic ring is 1. The second kappa shape index (κ2) is 4.47. The molecular formula is C13H10FN3OS. The average molecular weight is 275 g/mol. The molecule has 1 aromatic carbocycles. The predicted molar refractivity (Wildman–Crippen MR) is 72.2 cm³/mol. The number of halogens is 1. The first-order chi connectivity index (χ1) is 9.15. The quantitative estimate of drug-likeness (QED) is 0.777. The lowest BCUT2D eigenvalue weighted by molar-refractivity contribution is 0.432. The Hall–Kier alpha value is -2.21. The van der Waals surface area contributed by atoms with E-state index in [-0.39, 0.29) is 11.6 Å². The van der Waals surface area contributed by atoms with Crippen LogP contribution in [0.3, 0.4) is 0 Å². The zero-order valence-corrected chi connectivity index (χ0v) is 10.9. The van der Waals surface area contributed by atoms with Crippen molar-refractivity contribution < 1.29 is 8.91 Å². The van der Waals surface area contributed by atoms with Gasteiger partial charge in [0.15, 0.2) is 0 Å². The number of anilines is 1. The Balaban J connectivity index is 2.05. The molecule has 19 heavy (non-hydrogen) atoms. The molecule has 0 aliphatic rings. The molecule has 4 nitrogen and oxygen atoms in total. The molecule has 6 heteroatoms. The summed E-state index contributed by atoms with van der Waals surface area (Å²) in [5, 5.41) is 4.41. The number of hydrogen-bond donors (Lipinski definition) is 1. The molecule has 3 rings (SSSR count). The van der Waals surface area contributed by atoms with Crippen molar-refractivity contribution in [1.29, 1.82) is 0 Å². The zero-order valence-electron chi connectivity index (χ0n) is 10.1. The first kappa shape index (κ1) is 11.9. The van der Waals surface area contributed by atoms with Crippen molar-refractivity contribution in [2.45, 2.75) is 6.92 Å². The maximum absolute atomic E-state index is 13.6. The third-order valence-corrected chi connectivity index (χ3v) is 3.53. The number of hydrogen-bond acceptors (Lipinski definition) is 5. The molecule has 0 radical (unpaired) electrons. The topological polar surface area (TPSA) is 64.9 Å². The van der Waals surface area contributed by atoms with E-state index in [1.54, 1.807) is 18.2 Å². The molecule has 0 spiro atoms. The van der Waals surface area contributed by atoms with Crippen molar-refractivity contribution in [3.05, 3.63) is 41.0 Å². The summed E-state index contributed by atoms with van der Waals surface area (Å²) < 4.78 is 18.8. The molecule has 0 unspecified atom stereocenters. The average Bonchev–Trinajstić information content (AvgIpc) is 2.96. The van der Waals surface area contributed by atoms with Gasteiger partial charge in [0.25, 0.3) is 5.89 Å². The number of aromatic nitrogens is 2. The number of rotatable bonds is 2. The number of nitrogens with two attached hydrogens (primary N) is 1. The molecule has 0 amide bonds. The van der Waals surface area contributed by atoms with E-state index in [0.717, 1.165) is 4.88 Å². The summed E-state index contributed by atoms with van der Waals surface area (Å²) in [5.74, 6) is 0.140. The summed E-state index contributed by atoms with van der Waals surface area (Å²) in [7, 11) is 0. The molecule has 2 N–H and O–H groups in total. The minimum atomic E-state index is -0.385. The van der Waals surface area contributed by atoms with Crippen molar-refractivity contribution in [3.63, 3.8) is 0 Å². The van der Waals surface area contributed by atoms with Crippen molar-refractivity contribution in [2.75, 3.05) is 5.73 Å². The highest BCUT2D eigenvalue weighted by atomic mass is 32.1. The fraction of sp³-hybridized carbons (Fsp3) is 0.0769. The SMILES string of the molecule is Cc1cc(-c2nc(-c3ccccc3F)no2)c(N)s1. The minimum Gasteiger partial charge on any atom is -0.390 e. The van der Waals surface area contributed by atoms with Crippen LogP contribution in [-0.4, -0.2) is 10.1 Å². The Morgan fingerprint density at radius 3 is 2.74 bits per heavy atom. The van der Waals surface area contributed by atoms with Crippen molar-refractivity contribution >= 4 is 16.3 Å². The summed E-state index contributed by atoms with van der Waals surface area (Å²) in [6.07, 6.45) is 0. The highest BCUT2D eigenvalue weighted by Crippen LogP contribution is 2.33. The zero-order chi connectivity index (χ0) is 13.4. The largest absolute Gasteiger partial charge is 0.390 e. The minimum absolute atomic E-state index is 0.219. The van der Waals surface area contributed by atoms with Gasteiger partial charge in [0.2, 0.25) is 5.82 Å². The molecular weight excluding hydrogens is 265 g/mol. The fourth-order valence-electron chi connectivity index (χ4n) is 1.78. The lowest BCUT2D eigenvalue weighted by Crippen LogP contribution is -1.86. The van der Waals surface area contributed by atoms with E-state index in [0.29, 0.717) is 22.0 Å². The van der Waals surface area contributed by atoms with Crippen LogP contribution in [0.25, 0.3) is 22.8 Å². The van der Waals surface area contributed by atoms with E-state index in [1.807, 2.05) is 13.0 Å². The van der Waals surface area contributed by atoms with Gasteiger partial charge in [-0.05, 0) is 25.1 Å². The van der Waals surface area contributed by atoms with Gasteiger partial charge in [-0.15, -0.1) is 11.3 Å². The normalized spacial score (nSPS) is 10.8. The van der Waals surface area contributed by atoms with E-state index in [2.05, 4.69) is 10.1 Å². The molecule has 96 valence electrons. The second-order valence-electron chi connectivity index (χ2n) is 4.04. The number of thiophene rings is 1. The van der Waals surface area contributed by atoms with Crippen LogP contribution < -0.4 is 5.73 Å². The first-order valence-corrected chi connectivity index (χ1v) is 6.41. The summed E-state index contributed by atoms with van der Waals surface area (Å²) >= 11 is 1.45. The lowest BCUT2D eigenvalue weighted by Gasteiger charge is -1.94. The molecule has 0 fully saturated rings. The fourth-order valence-corrected chi connectivity index (χ4v) is 2.56. The van der Waals surface area contributed by atoms with Crippen LogP contribution in [0.1, 0.15) is 4.88 Å². The van der Waals surface area contributed by atoms with Crippen LogP contribution in [0.15, 0.2) is 34.9 Å². The van der Waals surface area contributed by atoms with Crippen LogP contribution in [0, 0.1) is 12.7 Å². The van der Waals surface area contributed by atoms with Gasteiger partial charge >= 0.3 is 0 Å². The van der Waals surface area contributed by atoms with Crippen LogP contribution in [0.4, 0.5) is 9.39 Å². The Bertz CT molecular complexity index is 735. The summed E-state index contributed by atoms with van der Waals surface area (Å²) in [6.45, 7) is 1.94. The predicted octanol–water partition coefficient (Wildman–Crippen LogP) is 3.49. The maximum atomic E-state index is 13.6. The van der Waals surface area contributed by atoms with Gasteiger partial charge in [-0.25, -0.2) is 4.39 Å². The van der Waals surface area contributed by atoms with Gasteiger partial charge in [-0.2, -0.15) is 4.98 Å². The third-order valence-electron chi connectivity index (χ3n) is 2.66. The third kappa shape index (κ3) is 2.10. The van der Waals surface area contributed by atoms with Crippen LogP contribution in [-0.2, 0) is 0 Å². The monoisotopic (exact) mass is 275 g/mol. The van der Waals surface area contributed by atoms with Crippen molar-refractivity contribution in [3.8, 4) is 22.8 Å². The molecule has 3 aromatic rings. The van der Waals surface area contributed by atoms with Gasteiger partial charge < -0.3 is 10.3 Å². The second-order valence-corrected chi connectivity index (χ2v) is 5.33. The Morgan fingerprint density at radius 1 is 1.26 bits per heavy atom. The van der Waals surface area contributed by atoms with E-state index in [1.165, 1.54) is 17.4 Å². The standard InChI is InChI=1S/C13H10FN3OS/c1-7-6-9(11(15)19-7)13-16-12(17-18-13)8-4-2-3-5-10(8)14/h2-6H,15H2,1H3. The van der Waals surface area contributed by atoms with E-state index in [9.17, 15) is 4.39 Å². The molecule has 2 heterocycles. The molecule has 2 aromatic heterocycles. The van der Waals surface area contributed by atoms with Crippen LogP contribution in [0.5, 0.6) is 0 Å². The maximum Gasteiger partial charge on any atom is 0.261 e. The van der Waals surface area contributed by atoms with E-state index in [4.69, 9.17) is 10.3 Å². The van der Waals surface area contributed by atoms with Gasteiger partial charge in [-0.1, -0.05) is 17.3 Å². The van der Waals surface area contributed by atoms with Gasteiger partial charge in [0.1, 0.15) is 5.82 Å². The van der Waals surface area contributed by atoms with Crippen molar-refractivity contribution in [2.24, 2.45) is 0 Å². The lowest BCUT2D eigenvalue weighted by atomic mass is 10.2. The molecule has 0 bridgehead atoms. The van der Waals surface area contributed by atoms with Gasteiger partial charge in [-0.3, -0.25) is 0 Å². The highest BCUT2D eigenvalue weighted by molar-refractivity contribution is 7.16. The summed E-state index contributed by atoms with van der Waals surface area (Å²) in [4.78, 5) is 5.25. The highest BCUT2D eigenvalue weighted by Gasteiger charge is 2.16. The number of nitrogens with zero attached hydrogens (tertiary/aromatic N) is 2. The van der Waals surface area contributed by atoms with Crippen LogP contribution >= 0.6 is 11.3 Å². The number of benzene rings is 1. The van der Waals surface area contributed by atoms with Gasteiger partial charge in [0.05, 0.1) is 16.1 Å².